The van der Waals surface area contributed by atoms with Gasteiger partial charge in [-0.1, -0.05) is 41.1 Å². The van der Waals surface area contributed by atoms with Crippen LogP contribution in [0.5, 0.6) is 0 Å². The molecule has 14 heteroatoms. The summed E-state index contributed by atoms with van der Waals surface area (Å²) < 4.78 is 32.7. The number of hydrogen-bond acceptors (Lipinski definition) is 7. The molecule has 1 saturated heterocycles. The Morgan fingerprint density at radius 1 is 1.07 bits per heavy atom. The minimum absolute atomic E-state index is 0.123. The van der Waals surface area contributed by atoms with Crippen LogP contribution in [0.25, 0.3) is 11.0 Å². The van der Waals surface area contributed by atoms with Gasteiger partial charge in [0.15, 0.2) is 5.65 Å². The van der Waals surface area contributed by atoms with E-state index in [2.05, 4.69) is 65.1 Å². The molecule has 2 aromatic heterocycles. The van der Waals surface area contributed by atoms with Gasteiger partial charge in [0, 0.05) is 47.6 Å². The van der Waals surface area contributed by atoms with Crippen molar-refractivity contribution in [2.75, 3.05) is 41.3 Å². The van der Waals surface area contributed by atoms with E-state index in [1.807, 2.05) is 42.5 Å². The number of anilines is 3. The first-order valence-electron chi connectivity index (χ1n) is 12.6. The molecule has 1 aliphatic heterocycles. The van der Waals surface area contributed by atoms with E-state index in [0.717, 1.165) is 76.6 Å². The van der Waals surface area contributed by atoms with Crippen LogP contribution in [-0.4, -0.2) is 69.5 Å². The molecule has 1 fully saturated rings. The van der Waals surface area contributed by atoms with Gasteiger partial charge < -0.3 is 20.2 Å². The summed E-state index contributed by atoms with van der Waals surface area (Å²) in [6, 6.07) is 13.4. The minimum atomic E-state index is -5.08. The number of benzene rings is 2. The fourth-order valence-electron chi connectivity index (χ4n) is 4.41. The molecular formula is C27H27BrF3N7O3. The molecule has 0 bridgehead atoms. The number of aryl methyl sites for hydroxylation is 1. The maximum Gasteiger partial charge on any atom is 0.490 e. The van der Waals surface area contributed by atoms with Gasteiger partial charge in [-0.25, -0.2) is 14.8 Å². The second kappa shape index (κ2) is 12.5. The van der Waals surface area contributed by atoms with Crippen molar-refractivity contribution in [2.45, 2.75) is 26.4 Å². The number of H-pyrrole nitrogens is 1. The molecule has 10 nitrogen and oxygen atoms in total. The third-order valence-corrected chi connectivity index (χ3v) is 7.34. The molecule has 0 unspecified atom stereocenters. The first-order chi connectivity index (χ1) is 19.5. The summed E-state index contributed by atoms with van der Waals surface area (Å²) in [7, 11) is 0. The SMILES string of the molecule is CCc1n[nH]c2ncnc(N3CCN(c4cc(C(=O)Nc5ccccc5)cc(Br)c4C)CC3)c12.O=C(O)C(F)(F)F. The average Bonchev–Trinajstić information content (AvgIpc) is 3.38. The topological polar surface area (TPSA) is 127 Å². The number of carbonyl (C=O) groups is 2. The molecule has 0 atom stereocenters. The summed E-state index contributed by atoms with van der Waals surface area (Å²) in [6.07, 6.45) is -2.66. The molecular weight excluding hydrogens is 607 g/mol. The first-order valence-corrected chi connectivity index (χ1v) is 13.4. The Morgan fingerprint density at radius 2 is 1.71 bits per heavy atom. The lowest BCUT2D eigenvalue weighted by molar-refractivity contribution is -0.192. The Hall–Kier alpha value is -4.20. The van der Waals surface area contributed by atoms with Crippen LogP contribution in [0, 0.1) is 6.92 Å². The van der Waals surface area contributed by atoms with Crippen LogP contribution in [0.15, 0.2) is 53.3 Å². The number of aromatic amines is 1. The molecule has 3 heterocycles. The summed E-state index contributed by atoms with van der Waals surface area (Å²) in [6.45, 7) is 7.45. The largest absolute Gasteiger partial charge is 0.490 e. The lowest BCUT2D eigenvalue weighted by atomic mass is 10.1. The Bertz CT molecular complexity index is 1540. The van der Waals surface area contributed by atoms with Gasteiger partial charge in [-0.3, -0.25) is 9.89 Å². The van der Waals surface area contributed by atoms with Crippen molar-refractivity contribution < 1.29 is 27.9 Å². The number of carboxylic acids is 1. The number of aliphatic carboxylic acids is 1. The quantitative estimate of drug-likeness (QED) is 0.274. The zero-order chi connectivity index (χ0) is 29.7. The molecule has 1 aliphatic rings. The van der Waals surface area contributed by atoms with Crippen molar-refractivity contribution in [3.8, 4) is 0 Å². The Kier molecular flexibility index (Phi) is 9.11. The number of nitrogens with one attached hydrogen (secondary N) is 2. The van der Waals surface area contributed by atoms with Crippen molar-refractivity contribution in [1.82, 2.24) is 20.2 Å². The number of carbonyl (C=O) groups excluding carboxylic acids is 1. The predicted molar refractivity (Wildman–Crippen MR) is 152 cm³/mol. The van der Waals surface area contributed by atoms with Gasteiger partial charge in [0.25, 0.3) is 5.91 Å². The molecule has 4 aromatic rings. The van der Waals surface area contributed by atoms with Crippen molar-refractivity contribution in [2.24, 2.45) is 0 Å². The van der Waals surface area contributed by atoms with E-state index in [1.54, 1.807) is 6.33 Å². The van der Waals surface area contributed by atoms with Gasteiger partial charge in [0.1, 0.15) is 12.1 Å². The Labute approximate surface area is 241 Å². The third-order valence-electron chi connectivity index (χ3n) is 6.52. The Morgan fingerprint density at radius 3 is 2.32 bits per heavy atom. The number of piperazine rings is 1. The summed E-state index contributed by atoms with van der Waals surface area (Å²) in [5.41, 5.74) is 5.37. The average molecular weight is 634 g/mol. The van der Waals surface area contributed by atoms with Crippen LogP contribution in [0.4, 0.5) is 30.4 Å². The molecule has 0 spiro atoms. The standard InChI is InChI=1S/C25H26BrN7O.C2HF3O2/c1-3-20-22-23(31-30-20)27-15-28-24(22)33-11-9-32(10-12-33)21-14-17(13-19(26)16(21)2)25(34)29-18-7-5-4-6-8-18;3-2(4,5)1(6)7/h4-8,13-15H,3,9-12H2,1-2H3,(H,29,34)(H,27,28,30,31);(H,6,7). The predicted octanol–water partition coefficient (Wildman–Crippen LogP) is 5.20. The number of amides is 1. The number of fused-ring (bicyclic) bond motifs is 1. The zero-order valence-electron chi connectivity index (χ0n) is 22.2. The van der Waals surface area contributed by atoms with E-state index >= 15 is 0 Å². The van der Waals surface area contributed by atoms with Gasteiger partial charge in [0.05, 0.1) is 11.1 Å². The molecule has 3 N–H and O–H groups in total. The smallest absolute Gasteiger partial charge is 0.475 e. The monoisotopic (exact) mass is 633 g/mol. The van der Waals surface area contributed by atoms with E-state index in [9.17, 15) is 18.0 Å². The number of halogens is 4. The fraction of sp³-hybridized carbons (Fsp3) is 0.296. The molecule has 1 amide bonds. The van der Waals surface area contributed by atoms with Crippen LogP contribution < -0.4 is 15.1 Å². The van der Waals surface area contributed by atoms with Gasteiger partial charge in [0.2, 0.25) is 0 Å². The summed E-state index contributed by atoms with van der Waals surface area (Å²) in [4.78, 5) is 35.4. The second-order valence-electron chi connectivity index (χ2n) is 9.14. The van der Waals surface area contributed by atoms with Gasteiger partial charge in [-0.15, -0.1) is 0 Å². The van der Waals surface area contributed by atoms with Crippen molar-refractivity contribution in [3.05, 3.63) is 70.1 Å². The molecule has 0 radical (unpaired) electrons. The summed E-state index contributed by atoms with van der Waals surface area (Å²) >= 11 is 3.66. The Balaban J connectivity index is 0.000000493. The highest BCUT2D eigenvalue weighted by Crippen LogP contribution is 2.32. The molecule has 0 saturated carbocycles. The van der Waals surface area contributed by atoms with Gasteiger partial charge in [-0.2, -0.15) is 18.3 Å². The van der Waals surface area contributed by atoms with Crippen molar-refractivity contribution in [3.63, 3.8) is 0 Å². The number of para-hydroxylation sites is 1. The number of alkyl halides is 3. The third kappa shape index (κ3) is 6.93. The van der Waals surface area contributed by atoms with E-state index in [0.29, 0.717) is 5.56 Å². The minimum Gasteiger partial charge on any atom is -0.475 e. The molecule has 5 rings (SSSR count). The highest BCUT2D eigenvalue weighted by Gasteiger charge is 2.38. The summed E-state index contributed by atoms with van der Waals surface area (Å²) in [5, 5.41) is 18.5. The van der Waals surface area contributed by atoms with Crippen LogP contribution in [0.1, 0.15) is 28.5 Å². The number of nitrogens with zero attached hydrogens (tertiary/aromatic N) is 5. The highest BCUT2D eigenvalue weighted by molar-refractivity contribution is 9.10. The maximum atomic E-state index is 12.9. The lowest BCUT2D eigenvalue weighted by Gasteiger charge is -2.37. The van der Waals surface area contributed by atoms with E-state index in [4.69, 9.17) is 9.90 Å². The number of hydrogen-bond donors (Lipinski definition) is 3. The number of carboxylic acid groups (broad SMARTS) is 1. The molecule has 2 aromatic carbocycles. The highest BCUT2D eigenvalue weighted by atomic mass is 79.9. The first kappa shape index (κ1) is 29.8. The van der Waals surface area contributed by atoms with Gasteiger partial charge in [-0.05, 0) is 43.2 Å². The van der Waals surface area contributed by atoms with Gasteiger partial charge >= 0.3 is 12.1 Å². The van der Waals surface area contributed by atoms with Crippen molar-refractivity contribution >= 4 is 56.0 Å². The van der Waals surface area contributed by atoms with Crippen LogP contribution >= 0.6 is 15.9 Å². The fourth-order valence-corrected chi connectivity index (χ4v) is 4.86. The number of rotatable bonds is 5. The summed E-state index contributed by atoms with van der Waals surface area (Å²) in [5.74, 6) is -1.95. The molecule has 41 heavy (non-hydrogen) atoms. The molecule has 0 aliphatic carbocycles. The lowest BCUT2D eigenvalue weighted by Crippen LogP contribution is -2.47. The van der Waals surface area contributed by atoms with Crippen molar-refractivity contribution in [1.29, 1.82) is 0 Å². The second-order valence-corrected chi connectivity index (χ2v) is 10.00. The van der Waals surface area contributed by atoms with E-state index in [-0.39, 0.29) is 5.91 Å². The van der Waals surface area contributed by atoms with Crippen LogP contribution in [0.3, 0.4) is 0 Å². The maximum absolute atomic E-state index is 12.9. The number of aromatic nitrogens is 4. The van der Waals surface area contributed by atoms with Crippen LogP contribution in [-0.2, 0) is 11.2 Å². The molecule has 216 valence electrons. The van der Waals surface area contributed by atoms with E-state index < -0.39 is 12.1 Å². The van der Waals surface area contributed by atoms with Crippen LogP contribution in [0.2, 0.25) is 0 Å². The normalized spacial score (nSPS) is 13.5. The zero-order valence-corrected chi connectivity index (χ0v) is 23.8. The van der Waals surface area contributed by atoms with E-state index in [1.165, 1.54) is 0 Å².